The Bertz CT molecular complexity index is 1020. The highest BCUT2D eigenvalue weighted by Gasteiger charge is 2.19. The first-order chi connectivity index (χ1) is 13.7. The Labute approximate surface area is 167 Å². The maximum atomic E-state index is 12.3. The van der Waals surface area contributed by atoms with Crippen LogP contribution in [0.25, 0.3) is 10.0 Å². The minimum Gasteiger partial charge on any atom is -0.320 e. The molecule has 2 N–H and O–H groups in total. The number of nitrogens with one attached hydrogen (secondary N) is 2. The van der Waals surface area contributed by atoms with Gasteiger partial charge in [0, 0.05) is 11.4 Å². The molecule has 0 aliphatic heterocycles. The van der Waals surface area contributed by atoms with Crippen LogP contribution in [-0.4, -0.2) is 32.2 Å². The summed E-state index contributed by atoms with van der Waals surface area (Å²) in [6.07, 6.45) is 0. The highest BCUT2D eigenvalue weighted by atomic mass is 32.1. The van der Waals surface area contributed by atoms with Crippen LogP contribution in [-0.2, 0) is 0 Å². The number of carbonyl (C=O) groups excluding carboxylic acids is 2. The number of hydrogen-bond donors (Lipinski definition) is 2. The summed E-state index contributed by atoms with van der Waals surface area (Å²) in [4.78, 5) is 24.6. The number of hydrogen-bond acceptors (Lipinski definition) is 8. The van der Waals surface area contributed by atoms with Crippen LogP contribution in [0.3, 0.4) is 0 Å². The molecule has 0 saturated heterocycles. The Kier molecular flexibility index (Phi) is 5.13. The highest BCUT2D eigenvalue weighted by Crippen LogP contribution is 2.27. The SMILES string of the molecule is O=C(Nc1ccccc1)c1nnc(-c2nnc(C(=O)Nc3ccccc3)s2)s1. The Morgan fingerprint density at radius 3 is 1.39 bits per heavy atom. The van der Waals surface area contributed by atoms with E-state index in [2.05, 4.69) is 31.0 Å². The van der Waals surface area contributed by atoms with Crippen LogP contribution in [0.2, 0.25) is 0 Å². The molecule has 8 nitrogen and oxygen atoms in total. The molecule has 0 atom stereocenters. The number of anilines is 2. The number of benzene rings is 2. The van der Waals surface area contributed by atoms with Gasteiger partial charge in [0.2, 0.25) is 10.0 Å². The monoisotopic (exact) mass is 408 g/mol. The third-order valence-electron chi connectivity index (χ3n) is 3.48. The molecule has 4 rings (SSSR count). The fourth-order valence-electron chi connectivity index (χ4n) is 2.21. The third-order valence-corrected chi connectivity index (χ3v) is 5.47. The molecule has 0 spiro atoms. The minimum absolute atomic E-state index is 0.198. The second-order valence-corrected chi connectivity index (χ2v) is 7.42. The third kappa shape index (κ3) is 4.08. The number of carbonyl (C=O) groups is 2. The Balaban J connectivity index is 1.46. The zero-order valence-corrected chi connectivity index (χ0v) is 15.8. The van der Waals surface area contributed by atoms with Gasteiger partial charge in [0.15, 0.2) is 10.0 Å². The summed E-state index contributed by atoms with van der Waals surface area (Å²) < 4.78 is 0. The van der Waals surface area contributed by atoms with Crippen molar-refractivity contribution < 1.29 is 9.59 Å². The van der Waals surface area contributed by atoms with E-state index in [9.17, 15) is 9.59 Å². The minimum atomic E-state index is -0.360. The molecule has 10 heteroatoms. The van der Waals surface area contributed by atoms with E-state index >= 15 is 0 Å². The molecule has 2 amide bonds. The summed E-state index contributed by atoms with van der Waals surface area (Å²) in [5, 5.41) is 22.5. The van der Waals surface area contributed by atoms with E-state index in [1.807, 2.05) is 36.4 Å². The van der Waals surface area contributed by atoms with Crippen LogP contribution < -0.4 is 10.6 Å². The van der Waals surface area contributed by atoms with E-state index in [-0.39, 0.29) is 21.8 Å². The standard InChI is InChI=1S/C18H12N6O2S2/c25-13(19-11-7-3-1-4-8-11)15-21-23-17(27-15)18-24-22-16(28-18)14(26)20-12-9-5-2-6-10-12/h1-10H,(H,19,25)(H,20,26). The van der Waals surface area contributed by atoms with Crippen molar-refractivity contribution in [1.29, 1.82) is 0 Å². The Morgan fingerprint density at radius 1 is 0.607 bits per heavy atom. The Hall–Kier alpha value is -3.50. The fraction of sp³-hybridized carbons (Fsp3) is 0. The van der Waals surface area contributed by atoms with Crippen molar-refractivity contribution in [3.8, 4) is 10.0 Å². The van der Waals surface area contributed by atoms with E-state index in [0.717, 1.165) is 22.7 Å². The highest BCUT2D eigenvalue weighted by molar-refractivity contribution is 7.22. The molecule has 0 saturated carbocycles. The largest absolute Gasteiger partial charge is 0.320 e. The second kappa shape index (κ2) is 8.03. The van der Waals surface area contributed by atoms with Crippen LogP contribution in [0.15, 0.2) is 60.7 Å². The van der Waals surface area contributed by atoms with Gasteiger partial charge in [-0.05, 0) is 24.3 Å². The van der Waals surface area contributed by atoms with Crippen LogP contribution in [0, 0.1) is 0 Å². The molecule has 2 aromatic carbocycles. The van der Waals surface area contributed by atoms with E-state index in [0.29, 0.717) is 21.4 Å². The van der Waals surface area contributed by atoms with Gasteiger partial charge < -0.3 is 10.6 Å². The van der Waals surface area contributed by atoms with Crippen molar-refractivity contribution >= 4 is 45.9 Å². The molecule has 0 fully saturated rings. The van der Waals surface area contributed by atoms with Gasteiger partial charge in [0.25, 0.3) is 11.8 Å². The predicted molar refractivity (Wildman–Crippen MR) is 108 cm³/mol. The molecular formula is C18H12N6O2S2. The second-order valence-electron chi connectivity index (χ2n) is 5.47. The van der Waals surface area contributed by atoms with Crippen molar-refractivity contribution in [2.24, 2.45) is 0 Å². The van der Waals surface area contributed by atoms with Gasteiger partial charge in [-0.2, -0.15) is 0 Å². The zero-order chi connectivity index (χ0) is 19.3. The maximum Gasteiger partial charge on any atom is 0.286 e. The van der Waals surface area contributed by atoms with Crippen molar-refractivity contribution in [1.82, 2.24) is 20.4 Å². The molecule has 4 aromatic rings. The van der Waals surface area contributed by atoms with Crippen molar-refractivity contribution in [2.75, 3.05) is 10.6 Å². The fourth-order valence-corrected chi connectivity index (χ4v) is 3.70. The summed E-state index contributed by atoms with van der Waals surface area (Å²) in [5.74, 6) is -0.719. The lowest BCUT2D eigenvalue weighted by atomic mass is 10.3. The van der Waals surface area contributed by atoms with Crippen molar-refractivity contribution in [3.63, 3.8) is 0 Å². The molecule has 0 bridgehead atoms. The van der Waals surface area contributed by atoms with Crippen LogP contribution in [0.4, 0.5) is 11.4 Å². The molecule has 0 unspecified atom stereocenters. The van der Waals surface area contributed by atoms with Crippen molar-refractivity contribution in [3.05, 3.63) is 70.7 Å². The van der Waals surface area contributed by atoms with Gasteiger partial charge in [-0.25, -0.2) is 0 Å². The first kappa shape index (κ1) is 17.9. The molecule has 138 valence electrons. The quantitative estimate of drug-likeness (QED) is 0.522. The average Bonchev–Trinajstić information content (AvgIpc) is 3.39. The molecule has 0 aliphatic rings. The first-order valence-corrected chi connectivity index (χ1v) is 9.72. The number of nitrogens with zero attached hydrogens (tertiary/aromatic N) is 4. The smallest absolute Gasteiger partial charge is 0.286 e. The van der Waals surface area contributed by atoms with Gasteiger partial charge >= 0.3 is 0 Å². The van der Waals surface area contributed by atoms with Crippen LogP contribution >= 0.6 is 22.7 Å². The van der Waals surface area contributed by atoms with E-state index in [1.165, 1.54) is 0 Å². The number of amides is 2. The normalized spacial score (nSPS) is 10.4. The molecular weight excluding hydrogens is 396 g/mol. The van der Waals surface area contributed by atoms with Gasteiger partial charge in [-0.15, -0.1) is 20.4 Å². The zero-order valence-electron chi connectivity index (χ0n) is 14.2. The van der Waals surface area contributed by atoms with E-state index < -0.39 is 0 Å². The summed E-state index contributed by atoms with van der Waals surface area (Å²) in [6.45, 7) is 0. The van der Waals surface area contributed by atoms with Crippen molar-refractivity contribution in [2.45, 2.75) is 0 Å². The van der Waals surface area contributed by atoms with Crippen LogP contribution in [0.1, 0.15) is 19.6 Å². The van der Waals surface area contributed by atoms with Crippen LogP contribution in [0.5, 0.6) is 0 Å². The molecule has 28 heavy (non-hydrogen) atoms. The molecule has 0 aliphatic carbocycles. The van der Waals surface area contributed by atoms with E-state index in [4.69, 9.17) is 0 Å². The topological polar surface area (TPSA) is 110 Å². The number of aromatic nitrogens is 4. The maximum absolute atomic E-state index is 12.3. The summed E-state index contributed by atoms with van der Waals surface area (Å²) in [7, 11) is 0. The lowest BCUT2D eigenvalue weighted by molar-refractivity contribution is 0.101. The average molecular weight is 408 g/mol. The summed E-state index contributed by atoms with van der Waals surface area (Å²) >= 11 is 2.17. The van der Waals surface area contributed by atoms with Gasteiger partial charge in [-0.1, -0.05) is 59.1 Å². The Morgan fingerprint density at radius 2 is 1.00 bits per heavy atom. The first-order valence-electron chi connectivity index (χ1n) is 8.09. The van der Waals surface area contributed by atoms with Gasteiger partial charge in [0.1, 0.15) is 0 Å². The lowest BCUT2D eigenvalue weighted by Gasteiger charge is -2.00. The predicted octanol–water partition coefficient (Wildman–Crippen LogP) is 3.56. The number of rotatable bonds is 5. The van der Waals surface area contributed by atoms with Gasteiger partial charge in [0.05, 0.1) is 0 Å². The summed E-state index contributed by atoms with van der Waals surface area (Å²) in [5.41, 5.74) is 1.33. The van der Waals surface area contributed by atoms with Gasteiger partial charge in [-0.3, -0.25) is 9.59 Å². The molecule has 2 heterocycles. The summed E-state index contributed by atoms with van der Waals surface area (Å²) in [6, 6.07) is 18.1. The van der Waals surface area contributed by atoms with E-state index in [1.54, 1.807) is 24.3 Å². The molecule has 0 radical (unpaired) electrons. The molecule has 2 aromatic heterocycles. The number of para-hydroxylation sites is 2. The lowest BCUT2D eigenvalue weighted by Crippen LogP contribution is -2.11.